The van der Waals surface area contributed by atoms with Gasteiger partial charge in [0, 0.05) is 12.4 Å². The zero-order valence-electron chi connectivity index (χ0n) is 12.0. The summed E-state index contributed by atoms with van der Waals surface area (Å²) in [6.45, 7) is 2.62. The summed E-state index contributed by atoms with van der Waals surface area (Å²) >= 11 is 0. The summed E-state index contributed by atoms with van der Waals surface area (Å²) in [5.74, 6) is -0.143. The minimum atomic E-state index is -3.45. The van der Waals surface area contributed by atoms with Crippen molar-refractivity contribution in [2.45, 2.75) is 24.3 Å². The van der Waals surface area contributed by atoms with Gasteiger partial charge in [0.05, 0.1) is 28.5 Å². The molecule has 21 heavy (non-hydrogen) atoms. The van der Waals surface area contributed by atoms with E-state index in [1.165, 1.54) is 20.0 Å². The van der Waals surface area contributed by atoms with Gasteiger partial charge in [0.15, 0.2) is 9.84 Å². The summed E-state index contributed by atoms with van der Waals surface area (Å²) in [6.07, 6.45) is 3.22. The molecular weight excluding hydrogens is 288 g/mol. The van der Waals surface area contributed by atoms with E-state index >= 15 is 0 Å². The summed E-state index contributed by atoms with van der Waals surface area (Å²) in [6, 6.07) is 9.00. The van der Waals surface area contributed by atoms with Gasteiger partial charge >= 0.3 is 0 Å². The fourth-order valence-electron chi connectivity index (χ4n) is 1.69. The van der Waals surface area contributed by atoms with Crippen molar-refractivity contribution in [3.63, 3.8) is 0 Å². The van der Waals surface area contributed by atoms with Crippen LogP contribution in [-0.2, 0) is 15.6 Å². The molecule has 0 aromatic carbocycles. The molecule has 0 atom stereocenters. The molecule has 2 aromatic heterocycles. The number of aliphatic hydroxyl groups is 1. The van der Waals surface area contributed by atoms with Gasteiger partial charge in [-0.15, -0.1) is 0 Å². The lowest BCUT2D eigenvalue weighted by molar-refractivity contribution is 0.258. The van der Waals surface area contributed by atoms with Crippen LogP contribution in [0.25, 0.3) is 11.4 Å². The summed E-state index contributed by atoms with van der Waals surface area (Å²) in [4.78, 5) is 8.44. The molecule has 0 amide bonds. The van der Waals surface area contributed by atoms with Gasteiger partial charge in [-0.1, -0.05) is 12.1 Å². The predicted molar refractivity (Wildman–Crippen MR) is 81.3 cm³/mol. The van der Waals surface area contributed by atoms with Crippen LogP contribution in [0.2, 0.25) is 0 Å². The van der Waals surface area contributed by atoms with E-state index in [1.54, 1.807) is 18.3 Å². The summed E-state index contributed by atoms with van der Waals surface area (Å²) in [7, 11) is -3.45. The highest BCUT2D eigenvalue weighted by molar-refractivity contribution is 7.92. The molecule has 5 nitrogen and oxygen atoms in total. The van der Waals surface area contributed by atoms with Crippen molar-refractivity contribution >= 4 is 9.84 Å². The molecule has 0 saturated heterocycles. The monoisotopic (exact) mass is 306 g/mol. The highest BCUT2D eigenvalue weighted by Gasteiger charge is 2.33. The number of hydrogen-bond acceptors (Lipinski definition) is 5. The molecule has 0 fully saturated rings. The van der Waals surface area contributed by atoms with Gasteiger partial charge in [-0.3, -0.25) is 9.97 Å². The molecule has 2 heterocycles. The van der Waals surface area contributed by atoms with Crippen LogP contribution < -0.4 is 0 Å². The number of sulfone groups is 1. The van der Waals surface area contributed by atoms with Gasteiger partial charge < -0.3 is 5.11 Å². The first-order chi connectivity index (χ1) is 9.86. The van der Waals surface area contributed by atoms with Crippen molar-refractivity contribution in [2.75, 3.05) is 6.61 Å². The molecular formula is C15H18N2O3S. The number of nitrogens with zero attached hydrogens (tertiary/aromatic N) is 2. The van der Waals surface area contributed by atoms with Crippen LogP contribution in [-0.4, -0.2) is 34.8 Å². The van der Waals surface area contributed by atoms with Crippen LogP contribution >= 0.6 is 0 Å². The van der Waals surface area contributed by atoms with Crippen molar-refractivity contribution in [1.82, 2.24) is 9.97 Å². The van der Waals surface area contributed by atoms with Gasteiger partial charge in [0.1, 0.15) is 0 Å². The highest BCUT2D eigenvalue weighted by Crippen LogP contribution is 2.21. The molecule has 0 radical (unpaired) electrons. The van der Waals surface area contributed by atoms with Crippen LogP contribution in [0.15, 0.2) is 42.7 Å². The van der Waals surface area contributed by atoms with Gasteiger partial charge in [0.25, 0.3) is 0 Å². The van der Waals surface area contributed by atoms with Gasteiger partial charge in [0.2, 0.25) is 0 Å². The van der Waals surface area contributed by atoms with Gasteiger partial charge in [-0.25, -0.2) is 8.42 Å². The van der Waals surface area contributed by atoms with E-state index in [9.17, 15) is 13.5 Å². The van der Waals surface area contributed by atoms with Crippen molar-refractivity contribution in [3.8, 4) is 11.4 Å². The summed E-state index contributed by atoms with van der Waals surface area (Å²) in [5, 5.41) is 9.20. The predicted octanol–water partition coefficient (Wildman–Crippen LogP) is 1.83. The molecule has 6 heteroatoms. The van der Waals surface area contributed by atoms with E-state index in [0.29, 0.717) is 11.3 Å². The Labute approximate surface area is 124 Å². The number of aliphatic hydroxyl groups excluding tert-OH is 1. The second kappa shape index (κ2) is 5.91. The first-order valence-corrected chi connectivity index (χ1v) is 8.20. The largest absolute Gasteiger partial charge is 0.395 e. The third-order valence-corrected chi connectivity index (χ3v) is 5.86. The zero-order chi connectivity index (χ0) is 15.5. The maximum atomic E-state index is 12.2. The minimum absolute atomic E-state index is 0.143. The van der Waals surface area contributed by atoms with E-state index in [0.717, 1.165) is 5.69 Å². The Bertz CT molecular complexity index is 695. The molecule has 0 aliphatic heterocycles. The average Bonchev–Trinajstić information content (AvgIpc) is 2.48. The first kappa shape index (κ1) is 15.6. The van der Waals surface area contributed by atoms with E-state index < -0.39 is 21.2 Å². The van der Waals surface area contributed by atoms with Crippen molar-refractivity contribution in [3.05, 3.63) is 48.3 Å². The van der Waals surface area contributed by atoms with E-state index in [1.807, 2.05) is 18.2 Å². The maximum Gasteiger partial charge on any atom is 0.161 e. The number of rotatable bonds is 5. The fourth-order valence-corrected chi connectivity index (χ4v) is 2.89. The lowest BCUT2D eigenvalue weighted by Gasteiger charge is -2.21. The number of pyridine rings is 2. The standard InChI is InChI=1S/C15H18N2O3S/c1-15(2,11-18)21(19,20)10-12-6-7-14(17-9-12)13-5-3-4-8-16-13/h3-9,18H,10-11H2,1-2H3. The zero-order valence-corrected chi connectivity index (χ0v) is 12.8. The van der Waals surface area contributed by atoms with Crippen molar-refractivity contribution in [1.29, 1.82) is 0 Å². The SMILES string of the molecule is CC(C)(CO)S(=O)(=O)Cc1ccc(-c2ccccn2)nc1. The molecule has 0 aliphatic rings. The van der Waals surface area contributed by atoms with E-state index in [-0.39, 0.29) is 5.75 Å². The van der Waals surface area contributed by atoms with Crippen LogP contribution in [0.4, 0.5) is 0 Å². The third-order valence-electron chi connectivity index (χ3n) is 3.33. The smallest absolute Gasteiger partial charge is 0.161 e. The fraction of sp³-hybridized carbons (Fsp3) is 0.333. The Morgan fingerprint density at radius 1 is 1.10 bits per heavy atom. The normalized spacial score (nSPS) is 12.3. The third kappa shape index (κ3) is 3.46. The molecule has 2 aromatic rings. The highest BCUT2D eigenvalue weighted by atomic mass is 32.2. The Balaban J connectivity index is 2.21. The Kier molecular flexibility index (Phi) is 4.39. The van der Waals surface area contributed by atoms with Crippen LogP contribution in [0.5, 0.6) is 0 Å². The number of aromatic nitrogens is 2. The van der Waals surface area contributed by atoms with Crippen LogP contribution in [0.1, 0.15) is 19.4 Å². The molecule has 112 valence electrons. The van der Waals surface area contributed by atoms with Crippen LogP contribution in [0, 0.1) is 0 Å². The van der Waals surface area contributed by atoms with E-state index in [4.69, 9.17) is 0 Å². The maximum absolute atomic E-state index is 12.2. The molecule has 0 unspecified atom stereocenters. The lowest BCUT2D eigenvalue weighted by atomic mass is 10.2. The topological polar surface area (TPSA) is 80.1 Å². The lowest BCUT2D eigenvalue weighted by Crippen LogP contribution is -2.36. The van der Waals surface area contributed by atoms with Gasteiger partial charge in [-0.2, -0.15) is 0 Å². The molecule has 0 aliphatic carbocycles. The second-order valence-corrected chi connectivity index (χ2v) is 8.07. The molecule has 0 spiro atoms. The Morgan fingerprint density at radius 2 is 1.81 bits per heavy atom. The Morgan fingerprint density at radius 3 is 2.33 bits per heavy atom. The quantitative estimate of drug-likeness (QED) is 0.911. The minimum Gasteiger partial charge on any atom is -0.395 e. The molecule has 2 rings (SSSR count). The summed E-state index contributed by atoms with van der Waals surface area (Å²) < 4.78 is 23.3. The van der Waals surface area contributed by atoms with Crippen molar-refractivity contribution < 1.29 is 13.5 Å². The molecule has 0 bridgehead atoms. The summed E-state index contributed by atoms with van der Waals surface area (Å²) in [5.41, 5.74) is 2.02. The average molecular weight is 306 g/mol. The van der Waals surface area contributed by atoms with E-state index in [2.05, 4.69) is 9.97 Å². The van der Waals surface area contributed by atoms with Crippen LogP contribution in [0.3, 0.4) is 0 Å². The molecule has 0 saturated carbocycles. The first-order valence-electron chi connectivity index (χ1n) is 6.55. The van der Waals surface area contributed by atoms with Gasteiger partial charge in [-0.05, 0) is 37.6 Å². The number of hydrogen-bond donors (Lipinski definition) is 1. The van der Waals surface area contributed by atoms with Crippen molar-refractivity contribution in [2.24, 2.45) is 0 Å². The second-order valence-electron chi connectivity index (χ2n) is 5.44. The molecule has 1 N–H and O–H groups in total. The Hall–Kier alpha value is -1.79.